The zero-order valence-corrected chi connectivity index (χ0v) is 15.7. The van der Waals surface area contributed by atoms with Gasteiger partial charge in [-0.05, 0) is 37.0 Å². The molecule has 28 heavy (non-hydrogen) atoms. The normalized spacial score (nSPS) is 18.7. The summed E-state index contributed by atoms with van der Waals surface area (Å²) in [7, 11) is 0. The van der Waals surface area contributed by atoms with Crippen molar-refractivity contribution < 1.29 is 28.9 Å². The van der Waals surface area contributed by atoms with Crippen molar-refractivity contribution in [3.05, 3.63) is 60.0 Å². The number of likely N-dealkylation sites (tertiary alicyclic amines) is 1. The molecule has 0 bridgehead atoms. The van der Waals surface area contributed by atoms with Crippen LogP contribution >= 0.6 is 0 Å². The molecule has 0 aromatic heterocycles. The summed E-state index contributed by atoms with van der Waals surface area (Å²) in [5.41, 5.74) is 0.835. The van der Waals surface area contributed by atoms with Crippen LogP contribution in [0.2, 0.25) is 0 Å². The molecule has 0 aliphatic carbocycles. The van der Waals surface area contributed by atoms with E-state index in [2.05, 4.69) is 4.74 Å². The van der Waals surface area contributed by atoms with Gasteiger partial charge in [-0.1, -0.05) is 36.4 Å². The fourth-order valence-corrected chi connectivity index (χ4v) is 3.09. The van der Waals surface area contributed by atoms with Crippen LogP contribution in [0.4, 0.5) is 9.18 Å². The lowest BCUT2D eigenvalue weighted by atomic mass is 9.99. The van der Waals surface area contributed by atoms with Gasteiger partial charge in [0, 0.05) is 19.4 Å². The van der Waals surface area contributed by atoms with Gasteiger partial charge in [0.1, 0.15) is 5.82 Å². The topological polar surface area (TPSA) is 87.1 Å². The highest BCUT2D eigenvalue weighted by Crippen LogP contribution is 2.20. The largest absolute Gasteiger partial charge is 0.505 e. The first-order valence-corrected chi connectivity index (χ1v) is 9.36. The highest BCUT2D eigenvalue weighted by molar-refractivity contribution is 5.77. The molecule has 7 heteroatoms. The number of hydrogen-bond donors (Lipinski definition) is 2. The van der Waals surface area contributed by atoms with E-state index in [-0.39, 0.29) is 24.4 Å². The number of aliphatic hydroxyl groups is 1. The van der Waals surface area contributed by atoms with Crippen LogP contribution in [0, 0.1) is 5.82 Å². The Kier molecular flexibility index (Phi) is 8.68. The fraction of sp³-hybridized carbons (Fsp3) is 0.429. The maximum atomic E-state index is 12.9. The maximum absolute atomic E-state index is 12.9. The van der Waals surface area contributed by atoms with Gasteiger partial charge in [0.2, 0.25) is 5.91 Å². The first-order valence-electron chi connectivity index (χ1n) is 9.36. The third kappa shape index (κ3) is 7.52. The molecule has 0 spiro atoms. The maximum Gasteiger partial charge on any atom is 0.505 e. The minimum atomic E-state index is -1.30. The molecule has 2 atom stereocenters. The van der Waals surface area contributed by atoms with Crippen molar-refractivity contribution in [2.45, 2.75) is 44.2 Å². The van der Waals surface area contributed by atoms with Gasteiger partial charge in [0.25, 0.3) is 0 Å². The summed E-state index contributed by atoms with van der Waals surface area (Å²) in [5, 5.41) is 18.6. The Bertz CT molecular complexity index is 701. The van der Waals surface area contributed by atoms with Crippen LogP contribution in [-0.4, -0.2) is 52.5 Å². The van der Waals surface area contributed by atoms with Crippen molar-refractivity contribution in [3.8, 4) is 0 Å². The number of carboxylic acid groups (broad SMARTS) is 1. The van der Waals surface area contributed by atoms with E-state index in [1.54, 1.807) is 29.2 Å². The van der Waals surface area contributed by atoms with Crippen molar-refractivity contribution in [2.75, 3.05) is 13.2 Å². The molecule has 2 rings (SSSR count). The summed E-state index contributed by atoms with van der Waals surface area (Å²) in [6.45, 7) is 0.508. The Balaban J connectivity index is 1.86. The average molecular weight is 391 g/mol. The lowest BCUT2D eigenvalue weighted by Crippen LogP contribution is -2.42. The van der Waals surface area contributed by atoms with Crippen LogP contribution in [0.15, 0.2) is 48.6 Å². The van der Waals surface area contributed by atoms with E-state index in [1.165, 1.54) is 12.1 Å². The molecule has 1 aliphatic heterocycles. The SMILES string of the molecule is O=C(O)OCC/C=C\CN1C(=O)CCC[C@@H]1/C=C/C(O)Cc1ccc(F)cc1. The Labute approximate surface area is 163 Å². The Morgan fingerprint density at radius 3 is 2.79 bits per heavy atom. The predicted molar refractivity (Wildman–Crippen MR) is 102 cm³/mol. The van der Waals surface area contributed by atoms with Gasteiger partial charge in [-0.2, -0.15) is 0 Å². The second kappa shape index (κ2) is 11.2. The summed E-state index contributed by atoms with van der Waals surface area (Å²) in [4.78, 5) is 24.3. The number of carbonyl (C=O) groups excluding carboxylic acids is 1. The van der Waals surface area contributed by atoms with Crippen LogP contribution < -0.4 is 0 Å². The van der Waals surface area contributed by atoms with Crippen molar-refractivity contribution in [1.29, 1.82) is 0 Å². The molecule has 1 saturated heterocycles. The number of amides is 1. The van der Waals surface area contributed by atoms with Crippen molar-refractivity contribution >= 4 is 12.1 Å². The molecule has 0 radical (unpaired) electrons. The van der Waals surface area contributed by atoms with Gasteiger partial charge < -0.3 is 19.8 Å². The molecule has 6 nitrogen and oxygen atoms in total. The van der Waals surface area contributed by atoms with Crippen LogP contribution in [0.3, 0.4) is 0 Å². The molecule has 1 aliphatic rings. The Morgan fingerprint density at radius 2 is 2.07 bits per heavy atom. The lowest BCUT2D eigenvalue weighted by molar-refractivity contribution is -0.134. The number of halogens is 1. The number of piperidine rings is 1. The number of benzene rings is 1. The average Bonchev–Trinajstić information content (AvgIpc) is 2.66. The first-order chi connectivity index (χ1) is 13.5. The van der Waals surface area contributed by atoms with E-state index in [0.717, 1.165) is 18.4 Å². The number of nitrogens with zero attached hydrogens (tertiary/aromatic N) is 1. The Hall–Kier alpha value is -2.67. The highest BCUT2D eigenvalue weighted by Gasteiger charge is 2.25. The minimum Gasteiger partial charge on any atom is -0.450 e. The van der Waals surface area contributed by atoms with E-state index in [4.69, 9.17) is 5.11 Å². The molecule has 1 unspecified atom stereocenters. The van der Waals surface area contributed by atoms with Crippen LogP contribution in [0.25, 0.3) is 0 Å². The van der Waals surface area contributed by atoms with E-state index >= 15 is 0 Å². The molecular weight excluding hydrogens is 365 g/mol. The predicted octanol–water partition coefficient (Wildman–Crippen LogP) is 3.31. The number of carbonyl (C=O) groups is 2. The summed E-state index contributed by atoms with van der Waals surface area (Å²) in [5.74, 6) is -0.256. The molecule has 1 fully saturated rings. The van der Waals surface area contributed by atoms with Gasteiger partial charge in [-0.25, -0.2) is 9.18 Å². The molecule has 0 saturated carbocycles. The minimum absolute atomic E-state index is 0.0559. The van der Waals surface area contributed by atoms with Crippen molar-refractivity contribution in [2.24, 2.45) is 0 Å². The second-order valence-electron chi connectivity index (χ2n) is 6.66. The van der Waals surface area contributed by atoms with Crippen LogP contribution in [-0.2, 0) is 16.0 Å². The summed E-state index contributed by atoms with van der Waals surface area (Å²) < 4.78 is 17.4. The van der Waals surface area contributed by atoms with Gasteiger partial charge in [0.15, 0.2) is 0 Å². The smallest absolute Gasteiger partial charge is 0.450 e. The van der Waals surface area contributed by atoms with E-state index in [9.17, 15) is 19.1 Å². The molecule has 1 aromatic carbocycles. The first kappa shape index (κ1) is 21.6. The number of aliphatic hydroxyl groups excluding tert-OH is 1. The van der Waals surface area contributed by atoms with Crippen LogP contribution in [0.5, 0.6) is 0 Å². The fourth-order valence-electron chi connectivity index (χ4n) is 3.09. The van der Waals surface area contributed by atoms with Gasteiger partial charge in [-0.15, -0.1) is 0 Å². The van der Waals surface area contributed by atoms with E-state index in [1.807, 2.05) is 12.2 Å². The molecule has 1 heterocycles. The third-order valence-electron chi connectivity index (χ3n) is 4.50. The summed E-state index contributed by atoms with van der Waals surface area (Å²) in [6.07, 6.45) is 8.08. The molecular formula is C21H26FNO5. The molecule has 1 aromatic rings. The summed E-state index contributed by atoms with van der Waals surface area (Å²) >= 11 is 0. The zero-order chi connectivity index (χ0) is 20.4. The second-order valence-corrected chi connectivity index (χ2v) is 6.66. The molecule has 152 valence electrons. The quantitative estimate of drug-likeness (QED) is 0.383. The van der Waals surface area contributed by atoms with E-state index < -0.39 is 12.3 Å². The van der Waals surface area contributed by atoms with E-state index in [0.29, 0.717) is 25.8 Å². The number of hydrogen-bond acceptors (Lipinski definition) is 4. The number of rotatable bonds is 9. The molecule has 1 amide bonds. The molecule has 2 N–H and O–H groups in total. The highest BCUT2D eigenvalue weighted by atomic mass is 19.1. The zero-order valence-electron chi connectivity index (χ0n) is 15.7. The standard InChI is InChI=1S/C21H26FNO5/c22-17-9-7-16(8-10-17)15-19(24)12-11-18-5-4-6-20(25)23(18)13-2-1-3-14-28-21(26)27/h1-2,7-12,18-19,24H,3-6,13-15H2,(H,26,27)/b2-1-,12-11+/t18-,19?/m1/s1. The van der Waals surface area contributed by atoms with Gasteiger partial charge >= 0.3 is 6.16 Å². The third-order valence-corrected chi connectivity index (χ3v) is 4.50. The Morgan fingerprint density at radius 1 is 1.32 bits per heavy atom. The van der Waals surface area contributed by atoms with Crippen molar-refractivity contribution in [3.63, 3.8) is 0 Å². The van der Waals surface area contributed by atoms with Gasteiger partial charge in [0.05, 0.1) is 18.8 Å². The monoisotopic (exact) mass is 391 g/mol. The number of ether oxygens (including phenoxy) is 1. The van der Waals surface area contributed by atoms with Gasteiger partial charge in [-0.3, -0.25) is 4.79 Å². The lowest BCUT2D eigenvalue weighted by Gasteiger charge is -2.33. The van der Waals surface area contributed by atoms with Crippen LogP contribution in [0.1, 0.15) is 31.2 Å². The van der Waals surface area contributed by atoms with Crippen molar-refractivity contribution in [1.82, 2.24) is 4.90 Å². The summed E-state index contributed by atoms with van der Waals surface area (Å²) in [6, 6.07) is 5.91.